The van der Waals surface area contributed by atoms with E-state index in [9.17, 15) is 4.79 Å². The lowest BCUT2D eigenvalue weighted by molar-refractivity contribution is 0.0950. The maximum atomic E-state index is 12.5. The number of hydrogen-bond acceptors (Lipinski definition) is 6. The van der Waals surface area contributed by atoms with E-state index in [0.717, 1.165) is 22.4 Å². The van der Waals surface area contributed by atoms with Crippen LogP contribution in [0.25, 0.3) is 22.5 Å². The highest BCUT2D eigenvalue weighted by molar-refractivity contribution is 5.94. The molecule has 0 aliphatic heterocycles. The largest absolute Gasteiger partial charge is 0.348 e. The Morgan fingerprint density at radius 3 is 2.52 bits per heavy atom. The Morgan fingerprint density at radius 2 is 1.76 bits per heavy atom. The predicted molar refractivity (Wildman–Crippen MR) is 109 cm³/mol. The van der Waals surface area contributed by atoms with Crippen LogP contribution in [-0.4, -0.2) is 30.8 Å². The Morgan fingerprint density at radius 1 is 0.828 bits per heavy atom. The summed E-state index contributed by atoms with van der Waals surface area (Å²) in [7, 11) is 0. The SMILES string of the molecule is Cc1cc(-c2cncc(CNC(=O)c3ccc(-c4cnccn4)nc3)c2)ccn1. The van der Waals surface area contributed by atoms with Crippen molar-refractivity contribution in [1.29, 1.82) is 0 Å². The van der Waals surface area contributed by atoms with Crippen LogP contribution in [0.5, 0.6) is 0 Å². The van der Waals surface area contributed by atoms with Gasteiger partial charge in [0.2, 0.25) is 0 Å². The van der Waals surface area contributed by atoms with Crippen molar-refractivity contribution in [2.75, 3.05) is 0 Å². The molecule has 4 heterocycles. The second-order valence-corrected chi connectivity index (χ2v) is 6.47. The fourth-order valence-corrected chi connectivity index (χ4v) is 2.86. The zero-order chi connectivity index (χ0) is 20.1. The molecule has 0 spiro atoms. The first-order valence-electron chi connectivity index (χ1n) is 9.06. The maximum absolute atomic E-state index is 12.5. The Bertz CT molecular complexity index is 1130. The van der Waals surface area contributed by atoms with Crippen LogP contribution in [0.3, 0.4) is 0 Å². The highest BCUT2D eigenvalue weighted by Crippen LogP contribution is 2.19. The zero-order valence-corrected chi connectivity index (χ0v) is 15.8. The standard InChI is InChI=1S/C22H18N6O/c1-15-8-17(4-5-25-15)19-9-16(10-24-12-19)11-28-22(29)18-2-3-20(27-13-18)21-14-23-6-7-26-21/h2-10,12-14H,11H2,1H3,(H,28,29). The van der Waals surface area contributed by atoms with Gasteiger partial charge in [-0.05, 0) is 48.4 Å². The Labute approximate surface area is 168 Å². The first kappa shape index (κ1) is 18.4. The van der Waals surface area contributed by atoms with Crippen molar-refractivity contribution in [3.05, 3.63) is 90.5 Å². The summed E-state index contributed by atoms with van der Waals surface area (Å²) in [5.74, 6) is -0.201. The Hall–Kier alpha value is -4.00. The molecule has 142 valence electrons. The maximum Gasteiger partial charge on any atom is 0.253 e. The van der Waals surface area contributed by atoms with E-state index in [-0.39, 0.29) is 5.91 Å². The highest BCUT2D eigenvalue weighted by Gasteiger charge is 2.08. The molecule has 4 aromatic rings. The lowest BCUT2D eigenvalue weighted by atomic mass is 10.1. The van der Waals surface area contributed by atoms with E-state index in [1.807, 2.05) is 25.1 Å². The van der Waals surface area contributed by atoms with Gasteiger partial charge in [-0.25, -0.2) is 0 Å². The molecule has 1 N–H and O–H groups in total. The summed E-state index contributed by atoms with van der Waals surface area (Å²) in [5.41, 5.74) is 5.69. The number of rotatable bonds is 5. The van der Waals surface area contributed by atoms with E-state index in [2.05, 4.69) is 30.2 Å². The van der Waals surface area contributed by atoms with Crippen LogP contribution >= 0.6 is 0 Å². The summed E-state index contributed by atoms with van der Waals surface area (Å²) in [6.45, 7) is 2.32. The average Bonchev–Trinajstić information content (AvgIpc) is 2.78. The minimum Gasteiger partial charge on any atom is -0.348 e. The zero-order valence-electron chi connectivity index (χ0n) is 15.8. The summed E-state index contributed by atoms with van der Waals surface area (Å²) in [6, 6.07) is 9.44. The van der Waals surface area contributed by atoms with Gasteiger partial charge in [0.05, 0.1) is 17.5 Å². The van der Waals surface area contributed by atoms with E-state index in [1.165, 1.54) is 6.20 Å². The number of nitrogens with one attached hydrogen (secondary N) is 1. The topological polar surface area (TPSA) is 93.6 Å². The van der Waals surface area contributed by atoms with Gasteiger partial charge in [0, 0.05) is 55.0 Å². The van der Waals surface area contributed by atoms with Crippen molar-refractivity contribution in [2.24, 2.45) is 0 Å². The molecule has 4 rings (SSSR count). The molecule has 0 fully saturated rings. The Kier molecular flexibility index (Phi) is 5.29. The van der Waals surface area contributed by atoms with E-state index in [1.54, 1.807) is 49.3 Å². The molecule has 0 saturated heterocycles. The number of carbonyl (C=O) groups is 1. The first-order valence-corrected chi connectivity index (χ1v) is 9.06. The molecule has 0 aliphatic carbocycles. The third kappa shape index (κ3) is 4.47. The number of carbonyl (C=O) groups excluding carboxylic acids is 1. The van der Waals surface area contributed by atoms with E-state index in [0.29, 0.717) is 23.5 Å². The van der Waals surface area contributed by atoms with Gasteiger partial charge in [0.15, 0.2) is 0 Å². The molecule has 4 aromatic heterocycles. The summed E-state index contributed by atoms with van der Waals surface area (Å²) in [5, 5.41) is 2.91. The molecule has 0 atom stereocenters. The third-order valence-corrected chi connectivity index (χ3v) is 4.33. The van der Waals surface area contributed by atoms with Crippen LogP contribution in [0.1, 0.15) is 21.6 Å². The monoisotopic (exact) mass is 382 g/mol. The molecule has 0 unspecified atom stereocenters. The molecule has 0 aromatic carbocycles. The molecule has 7 nitrogen and oxygen atoms in total. The molecule has 0 radical (unpaired) electrons. The van der Waals surface area contributed by atoms with Gasteiger partial charge in [-0.3, -0.25) is 29.7 Å². The minimum atomic E-state index is -0.201. The highest BCUT2D eigenvalue weighted by atomic mass is 16.1. The molecule has 0 aliphatic rings. The predicted octanol–water partition coefficient (Wildman–Crippen LogP) is 3.23. The molecule has 29 heavy (non-hydrogen) atoms. The van der Waals surface area contributed by atoms with Gasteiger partial charge in [-0.1, -0.05) is 0 Å². The number of aromatic nitrogens is 5. The van der Waals surface area contributed by atoms with Crippen molar-refractivity contribution in [2.45, 2.75) is 13.5 Å². The lowest BCUT2D eigenvalue weighted by Gasteiger charge is -2.08. The van der Waals surface area contributed by atoms with Crippen molar-refractivity contribution in [1.82, 2.24) is 30.2 Å². The third-order valence-electron chi connectivity index (χ3n) is 4.33. The van der Waals surface area contributed by atoms with Crippen LogP contribution in [0, 0.1) is 6.92 Å². The van der Waals surface area contributed by atoms with Crippen LogP contribution in [0.4, 0.5) is 0 Å². The van der Waals surface area contributed by atoms with Crippen LogP contribution in [-0.2, 0) is 6.54 Å². The molecule has 1 amide bonds. The lowest BCUT2D eigenvalue weighted by Crippen LogP contribution is -2.23. The minimum absolute atomic E-state index is 0.201. The smallest absolute Gasteiger partial charge is 0.253 e. The van der Waals surface area contributed by atoms with Crippen molar-refractivity contribution < 1.29 is 4.79 Å². The first-order chi connectivity index (χ1) is 14.2. The second-order valence-electron chi connectivity index (χ2n) is 6.47. The average molecular weight is 382 g/mol. The van der Waals surface area contributed by atoms with E-state index >= 15 is 0 Å². The summed E-state index contributed by atoms with van der Waals surface area (Å²) in [6.07, 6.45) is 11.7. The van der Waals surface area contributed by atoms with Crippen LogP contribution < -0.4 is 5.32 Å². The van der Waals surface area contributed by atoms with Gasteiger partial charge >= 0.3 is 0 Å². The van der Waals surface area contributed by atoms with Crippen molar-refractivity contribution in [3.8, 4) is 22.5 Å². The summed E-state index contributed by atoms with van der Waals surface area (Å²) < 4.78 is 0. The molecule has 0 bridgehead atoms. The number of aryl methyl sites for hydroxylation is 1. The normalized spacial score (nSPS) is 10.5. The second kappa shape index (κ2) is 8.35. The van der Waals surface area contributed by atoms with E-state index in [4.69, 9.17) is 0 Å². The van der Waals surface area contributed by atoms with Gasteiger partial charge in [0.1, 0.15) is 5.69 Å². The quantitative estimate of drug-likeness (QED) is 0.570. The molecule has 7 heteroatoms. The van der Waals surface area contributed by atoms with Gasteiger partial charge in [-0.15, -0.1) is 0 Å². The number of amides is 1. The van der Waals surface area contributed by atoms with Gasteiger partial charge in [-0.2, -0.15) is 0 Å². The van der Waals surface area contributed by atoms with Crippen LogP contribution in [0.15, 0.2) is 73.7 Å². The fourth-order valence-electron chi connectivity index (χ4n) is 2.86. The Balaban J connectivity index is 1.43. The molecular weight excluding hydrogens is 364 g/mol. The van der Waals surface area contributed by atoms with Gasteiger partial charge < -0.3 is 5.32 Å². The number of pyridine rings is 3. The fraction of sp³-hybridized carbons (Fsp3) is 0.0909. The van der Waals surface area contributed by atoms with Crippen molar-refractivity contribution in [3.63, 3.8) is 0 Å². The number of nitrogens with zero attached hydrogens (tertiary/aromatic N) is 5. The summed E-state index contributed by atoms with van der Waals surface area (Å²) >= 11 is 0. The number of hydrogen-bond donors (Lipinski definition) is 1. The van der Waals surface area contributed by atoms with Gasteiger partial charge in [0.25, 0.3) is 5.91 Å². The van der Waals surface area contributed by atoms with E-state index < -0.39 is 0 Å². The van der Waals surface area contributed by atoms with Crippen molar-refractivity contribution >= 4 is 5.91 Å². The van der Waals surface area contributed by atoms with Crippen LogP contribution in [0.2, 0.25) is 0 Å². The molecule has 0 saturated carbocycles. The summed E-state index contributed by atoms with van der Waals surface area (Å²) in [4.78, 5) is 33.5. The molecular formula is C22H18N6O.